The average Bonchev–Trinajstić information content (AvgIpc) is 2.33. The summed E-state index contributed by atoms with van der Waals surface area (Å²) in [5.41, 5.74) is 5.83. The summed E-state index contributed by atoms with van der Waals surface area (Å²) in [5.74, 6) is 0.377. The maximum Gasteiger partial charge on any atom is 0.240 e. The van der Waals surface area contributed by atoms with E-state index in [0.717, 1.165) is 6.26 Å². The van der Waals surface area contributed by atoms with Crippen LogP contribution in [0, 0.1) is 0 Å². The van der Waals surface area contributed by atoms with Crippen molar-refractivity contribution in [2.75, 3.05) is 32.2 Å². The summed E-state index contributed by atoms with van der Waals surface area (Å²) in [6, 6.07) is 4.06. The lowest BCUT2D eigenvalue weighted by molar-refractivity contribution is 0.416. The number of sulfonamides is 2. The van der Waals surface area contributed by atoms with Crippen LogP contribution in [0.5, 0.6) is 5.75 Å². The molecule has 1 aromatic rings. The fourth-order valence-electron chi connectivity index (χ4n) is 1.38. The third-order valence-corrected chi connectivity index (χ3v) is 4.48. The van der Waals surface area contributed by atoms with Gasteiger partial charge in [-0.15, -0.1) is 0 Å². The number of hydrogen-bond donors (Lipinski definition) is 3. The number of nitrogens with one attached hydrogen (secondary N) is 2. The summed E-state index contributed by atoms with van der Waals surface area (Å²) in [7, 11) is -5.66. The van der Waals surface area contributed by atoms with Crippen molar-refractivity contribution in [2.24, 2.45) is 0 Å². The lowest BCUT2D eigenvalue weighted by atomic mass is 10.3. The topological polar surface area (TPSA) is 128 Å². The third-order valence-electron chi connectivity index (χ3n) is 2.29. The number of hydrogen-bond acceptors (Lipinski definition) is 6. The third kappa shape index (κ3) is 4.96. The van der Waals surface area contributed by atoms with Gasteiger partial charge in [0.15, 0.2) is 0 Å². The SMILES string of the molecule is COc1ccc(S(=O)(=O)NCCNS(C)(=O)=O)cc1N. The van der Waals surface area contributed by atoms with Crippen LogP contribution in [-0.2, 0) is 20.0 Å². The van der Waals surface area contributed by atoms with Crippen LogP contribution in [0.4, 0.5) is 5.69 Å². The zero-order valence-corrected chi connectivity index (χ0v) is 12.7. The summed E-state index contributed by atoms with van der Waals surface area (Å²) in [6.45, 7) is -0.106. The molecule has 10 heteroatoms. The highest BCUT2D eigenvalue weighted by Gasteiger charge is 2.15. The molecule has 114 valence electrons. The quantitative estimate of drug-likeness (QED) is 0.441. The Morgan fingerprint density at radius 1 is 1.15 bits per heavy atom. The summed E-state index contributed by atoms with van der Waals surface area (Å²) >= 11 is 0. The summed E-state index contributed by atoms with van der Waals surface area (Å²) in [6.07, 6.45) is 0.992. The number of nitrogen functional groups attached to an aromatic ring is 1. The van der Waals surface area contributed by atoms with Crippen molar-refractivity contribution >= 4 is 25.7 Å². The number of ether oxygens (including phenoxy) is 1. The Morgan fingerprint density at radius 2 is 1.75 bits per heavy atom. The molecule has 4 N–H and O–H groups in total. The molecule has 1 aromatic carbocycles. The van der Waals surface area contributed by atoms with Gasteiger partial charge in [-0.05, 0) is 18.2 Å². The number of nitrogens with two attached hydrogens (primary N) is 1. The van der Waals surface area contributed by atoms with E-state index in [-0.39, 0.29) is 23.7 Å². The second-order valence-corrected chi connectivity index (χ2v) is 7.57. The summed E-state index contributed by atoms with van der Waals surface area (Å²) in [4.78, 5) is -0.0184. The van der Waals surface area contributed by atoms with E-state index in [4.69, 9.17) is 10.5 Å². The maximum absolute atomic E-state index is 11.9. The summed E-state index contributed by atoms with van der Waals surface area (Å²) < 4.78 is 54.9. The molecule has 0 unspecified atom stereocenters. The highest BCUT2D eigenvalue weighted by molar-refractivity contribution is 7.89. The van der Waals surface area contributed by atoms with Crippen LogP contribution in [0.25, 0.3) is 0 Å². The largest absolute Gasteiger partial charge is 0.495 e. The van der Waals surface area contributed by atoms with E-state index >= 15 is 0 Å². The first-order valence-corrected chi connectivity index (χ1v) is 8.91. The zero-order valence-electron chi connectivity index (χ0n) is 11.1. The Labute approximate surface area is 118 Å². The molecule has 0 radical (unpaired) electrons. The minimum absolute atomic E-state index is 0.0184. The monoisotopic (exact) mass is 323 g/mol. The predicted molar refractivity (Wildman–Crippen MR) is 75.4 cm³/mol. The van der Waals surface area contributed by atoms with Gasteiger partial charge in [0.1, 0.15) is 5.75 Å². The lowest BCUT2D eigenvalue weighted by Gasteiger charge is -2.09. The van der Waals surface area contributed by atoms with Crippen LogP contribution in [0.2, 0.25) is 0 Å². The minimum Gasteiger partial charge on any atom is -0.495 e. The smallest absolute Gasteiger partial charge is 0.240 e. The van der Waals surface area contributed by atoms with Gasteiger partial charge in [0, 0.05) is 13.1 Å². The molecule has 1 rings (SSSR count). The van der Waals surface area contributed by atoms with Gasteiger partial charge in [-0.3, -0.25) is 0 Å². The molecule has 0 aliphatic rings. The normalized spacial score (nSPS) is 12.3. The van der Waals surface area contributed by atoms with Gasteiger partial charge in [0.2, 0.25) is 20.0 Å². The van der Waals surface area contributed by atoms with Crippen molar-refractivity contribution < 1.29 is 21.6 Å². The molecule has 0 aliphatic carbocycles. The number of anilines is 1. The molecular weight excluding hydrogens is 306 g/mol. The Bertz CT molecular complexity index is 670. The van der Waals surface area contributed by atoms with Crippen molar-refractivity contribution in [2.45, 2.75) is 4.90 Å². The second-order valence-electron chi connectivity index (χ2n) is 3.97. The first-order chi connectivity index (χ1) is 9.15. The summed E-state index contributed by atoms with van der Waals surface area (Å²) in [5, 5.41) is 0. The number of benzene rings is 1. The molecule has 0 atom stereocenters. The molecule has 0 fully saturated rings. The van der Waals surface area contributed by atoms with Crippen molar-refractivity contribution in [3.63, 3.8) is 0 Å². The van der Waals surface area contributed by atoms with Gasteiger partial charge >= 0.3 is 0 Å². The van der Waals surface area contributed by atoms with Crippen molar-refractivity contribution in [3.05, 3.63) is 18.2 Å². The van der Waals surface area contributed by atoms with Gasteiger partial charge < -0.3 is 10.5 Å². The highest BCUT2D eigenvalue weighted by Crippen LogP contribution is 2.24. The van der Waals surface area contributed by atoms with Crippen molar-refractivity contribution in [3.8, 4) is 5.75 Å². The van der Waals surface area contributed by atoms with E-state index in [1.54, 1.807) is 0 Å². The predicted octanol–water partition coefficient (Wildman–Crippen LogP) is -0.895. The Kier molecular flexibility index (Phi) is 5.34. The van der Waals surface area contributed by atoms with Gasteiger partial charge in [-0.25, -0.2) is 26.3 Å². The molecular formula is C10H17N3O5S2. The minimum atomic E-state index is -3.75. The first-order valence-electron chi connectivity index (χ1n) is 5.53. The molecule has 0 aliphatic heterocycles. The molecule has 0 saturated heterocycles. The van der Waals surface area contributed by atoms with Gasteiger partial charge in [-0.2, -0.15) is 0 Å². The zero-order chi connectivity index (χ0) is 15.4. The van der Waals surface area contributed by atoms with Crippen LogP contribution in [0.3, 0.4) is 0 Å². The van der Waals surface area contributed by atoms with E-state index < -0.39 is 20.0 Å². The van der Waals surface area contributed by atoms with E-state index in [9.17, 15) is 16.8 Å². The van der Waals surface area contributed by atoms with Crippen LogP contribution >= 0.6 is 0 Å². The average molecular weight is 323 g/mol. The number of rotatable bonds is 7. The maximum atomic E-state index is 11.9. The van der Waals surface area contributed by atoms with Crippen molar-refractivity contribution in [1.82, 2.24) is 9.44 Å². The van der Waals surface area contributed by atoms with Gasteiger partial charge in [0.25, 0.3) is 0 Å². The fourth-order valence-corrected chi connectivity index (χ4v) is 2.92. The molecule has 8 nitrogen and oxygen atoms in total. The standard InChI is InChI=1S/C10H17N3O5S2/c1-18-10-4-3-8(7-9(10)11)20(16,17)13-6-5-12-19(2,14)15/h3-4,7,12-13H,5-6,11H2,1-2H3. The molecule has 20 heavy (non-hydrogen) atoms. The fraction of sp³-hybridized carbons (Fsp3) is 0.400. The second kappa shape index (κ2) is 6.39. The van der Waals surface area contributed by atoms with Crippen LogP contribution < -0.4 is 19.9 Å². The van der Waals surface area contributed by atoms with E-state index in [1.807, 2.05) is 0 Å². The Balaban J connectivity index is 2.72. The molecule has 0 aromatic heterocycles. The molecule has 0 bridgehead atoms. The molecule has 0 heterocycles. The van der Waals surface area contributed by atoms with E-state index in [0.29, 0.717) is 5.75 Å². The van der Waals surface area contributed by atoms with Gasteiger partial charge in [0.05, 0.1) is 23.9 Å². The van der Waals surface area contributed by atoms with E-state index in [2.05, 4.69) is 9.44 Å². The molecule has 0 spiro atoms. The number of methoxy groups -OCH3 is 1. The van der Waals surface area contributed by atoms with Gasteiger partial charge in [-0.1, -0.05) is 0 Å². The van der Waals surface area contributed by atoms with Crippen LogP contribution in [0.15, 0.2) is 23.1 Å². The van der Waals surface area contributed by atoms with Crippen LogP contribution in [-0.4, -0.2) is 43.3 Å². The van der Waals surface area contributed by atoms with Crippen LogP contribution in [0.1, 0.15) is 0 Å². The molecule has 0 amide bonds. The lowest BCUT2D eigenvalue weighted by Crippen LogP contribution is -2.34. The Hall–Kier alpha value is -1.36. The van der Waals surface area contributed by atoms with Crippen molar-refractivity contribution in [1.29, 1.82) is 0 Å². The molecule has 0 saturated carbocycles. The Morgan fingerprint density at radius 3 is 2.25 bits per heavy atom. The highest BCUT2D eigenvalue weighted by atomic mass is 32.2. The first kappa shape index (κ1) is 16.7. The van der Waals surface area contributed by atoms with E-state index in [1.165, 1.54) is 25.3 Å².